The molecule has 0 bridgehead atoms. The van der Waals surface area contributed by atoms with Gasteiger partial charge in [-0.3, -0.25) is 4.79 Å². The van der Waals surface area contributed by atoms with Crippen LogP contribution in [-0.4, -0.2) is 34.0 Å². The summed E-state index contributed by atoms with van der Waals surface area (Å²) >= 11 is 0. The molecule has 1 aromatic rings. The van der Waals surface area contributed by atoms with Crippen LogP contribution < -0.4 is 0 Å². The van der Waals surface area contributed by atoms with E-state index in [1.54, 1.807) is 6.92 Å². The first-order chi connectivity index (χ1) is 8.38. The molecular weight excluding hydrogens is 230 g/mol. The lowest BCUT2D eigenvalue weighted by Gasteiger charge is -2.34. The molecule has 1 aromatic heterocycles. The molecule has 1 saturated heterocycles. The van der Waals surface area contributed by atoms with Gasteiger partial charge in [0.05, 0.1) is 0 Å². The Labute approximate surface area is 108 Å². The van der Waals surface area contributed by atoms with Crippen molar-refractivity contribution in [3.63, 3.8) is 0 Å². The van der Waals surface area contributed by atoms with Crippen molar-refractivity contribution >= 4 is 5.91 Å². The van der Waals surface area contributed by atoms with E-state index in [2.05, 4.69) is 10.1 Å². The number of carbonyl (C=O) groups is 1. The highest BCUT2D eigenvalue weighted by Gasteiger charge is 2.31. The monoisotopic (exact) mass is 251 g/mol. The van der Waals surface area contributed by atoms with Crippen LogP contribution in [0.1, 0.15) is 51.2 Å². The molecule has 0 spiro atoms. The summed E-state index contributed by atoms with van der Waals surface area (Å²) in [5.74, 6) is 1.95. The fourth-order valence-corrected chi connectivity index (χ4v) is 2.30. The van der Waals surface area contributed by atoms with Crippen molar-refractivity contribution in [1.29, 1.82) is 0 Å². The van der Waals surface area contributed by atoms with Crippen molar-refractivity contribution in [3.8, 4) is 0 Å². The van der Waals surface area contributed by atoms with Gasteiger partial charge in [-0.1, -0.05) is 25.9 Å². The van der Waals surface area contributed by atoms with Crippen LogP contribution in [0.15, 0.2) is 4.52 Å². The molecule has 1 aliphatic heterocycles. The number of carbonyl (C=O) groups excluding carboxylic acids is 1. The number of hydrogen-bond acceptors (Lipinski definition) is 4. The minimum absolute atomic E-state index is 0.227. The minimum atomic E-state index is -0.296. The predicted molar refractivity (Wildman–Crippen MR) is 67.0 cm³/mol. The summed E-state index contributed by atoms with van der Waals surface area (Å²) in [6.07, 6.45) is 1.83. The topological polar surface area (TPSA) is 59.2 Å². The fourth-order valence-electron chi connectivity index (χ4n) is 2.30. The van der Waals surface area contributed by atoms with Crippen molar-refractivity contribution in [3.05, 3.63) is 11.7 Å². The molecule has 1 amide bonds. The normalized spacial score (nSPS) is 18.1. The third kappa shape index (κ3) is 2.71. The van der Waals surface area contributed by atoms with Crippen LogP contribution >= 0.6 is 0 Å². The summed E-state index contributed by atoms with van der Waals surface area (Å²) in [6.45, 7) is 9.26. The highest BCUT2D eigenvalue weighted by molar-refractivity contribution is 5.81. The molecule has 0 unspecified atom stereocenters. The SMILES string of the molecule is Cc1nc(C2CCN(C(=O)C(C)(C)C)CC2)no1. The van der Waals surface area contributed by atoms with Gasteiger partial charge in [-0.25, -0.2) is 0 Å². The Kier molecular flexibility index (Phi) is 3.41. The number of hydrogen-bond donors (Lipinski definition) is 0. The average molecular weight is 251 g/mol. The van der Waals surface area contributed by atoms with Crippen molar-refractivity contribution in [2.45, 2.75) is 46.5 Å². The molecule has 1 aliphatic rings. The molecular formula is C13H21N3O2. The lowest BCUT2D eigenvalue weighted by atomic mass is 9.91. The van der Waals surface area contributed by atoms with Gasteiger partial charge in [-0.05, 0) is 12.8 Å². The van der Waals surface area contributed by atoms with Crippen LogP contribution in [0, 0.1) is 12.3 Å². The van der Waals surface area contributed by atoms with E-state index in [9.17, 15) is 4.79 Å². The van der Waals surface area contributed by atoms with E-state index in [4.69, 9.17) is 4.52 Å². The molecule has 18 heavy (non-hydrogen) atoms. The van der Waals surface area contributed by atoms with Crippen molar-refractivity contribution in [2.75, 3.05) is 13.1 Å². The predicted octanol–water partition coefficient (Wildman–Crippen LogP) is 2.13. The van der Waals surface area contributed by atoms with Gasteiger partial charge in [-0.15, -0.1) is 0 Å². The summed E-state index contributed by atoms with van der Waals surface area (Å²) in [6, 6.07) is 0. The Hall–Kier alpha value is -1.39. The summed E-state index contributed by atoms with van der Waals surface area (Å²) in [4.78, 5) is 18.4. The van der Waals surface area contributed by atoms with Crippen molar-refractivity contribution in [2.24, 2.45) is 5.41 Å². The largest absolute Gasteiger partial charge is 0.342 e. The first-order valence-corrected chi connectivity index (χ1v) is 6.47. The smallest absolute Gasteiger partial charge is 0.227 e. The maximum absolute atomic E-state index is 12.1. The van der Waals surface area contributed by atoms with Gasteiger partial charge in [0.1, 0.15) is 0 Å². The number of rotatable bonds is 1. The van der Waals surface area contributed by atoms with Gasteiger partial charge in [-0.2, -0.15) is 4.98 Å². The van der Waals surface area contributed by atoms with Crippen LogP contribution in [0.3, 0.4) is 0 Å². The van der Waals surface area contributed by atoms with Gasteiger partial charge < -0.3 is 9.42 Å². The quantitative estimate of drug-likeness (QED) is 0.767. The van der Waals surface area contributed by atoms with Gasteiger partial charge in [0.25, 0.3) is 0 Å². The molecule has 0 aliphatic carbocycles. The molecule has 0 atom stereocenters. The molecule has 100 valence electrons. The molecule has 0 N–H and O–H groups in total. The molecule has 0 saturated carbocycles. The minimum Gasteiger partial charge on any atom is -0.342 e. The number of aryl methyl sites for hydroxylation is 1. The Balaban J connectivity index is 1.94. The van der Waals surface area contributed by atoms with Crippen LogP contribution in [-0.2, 0) is 4.79 Å². The Morgan fingerprint density at radius 3 is 2.39 bits per heavy atom. The molecule has 2 heterocycles. The van der Waals surface area contributed by atoms with Gasteiger partial charge in [0.2, 0.25) is 11.8 Å². The van der Waals surface area contributed by atoms with Gasteiger partial charge in [0.15, 0.2) is 5.82 Å². The highest BCUT2D eigenvalue weighted by atomic mass is 16.5. The number of amides is 1. The maximum atomic E-state index is 12.1. The zero-order valence-corrected chi connectivity index (χ0v) is 11.6. The van der Waals surface area contributed by atoms with Crippen molar-refractivity contribution in [1.82, 2.24) is 15.0 Å². The number of likely N-dealkylation sites (tertiary alicyclic amines) is 1. The van der Waals surface area contributed by atoms with Crippen LogP contribution in [0.25, 0.3) is 0 Å². The van der Waals surface area contributed by atoms with E-state index in [1.165, 1.54) is 0 Å². The second kappa shape index (κ2) is 4.71. The molecule has 5 heteroatoms. The van der Waals surface area contributed by atoms with E-state index in [1.807, 2.05) is 25.7 Å². The number of nitrogens with zero attached hydrogens (tertiary/aromatic N) is 3. The first-order valence-electron chi connectivity index (χ1n) is 6.47. The Morgan fingerprint density at radius 2 is 1.94 bits per heavy atom. The van der Waals surface area contributed by atoms with Crippen LogP contribution in [0.4, 0.5) is 0 Å². The lowest BCUT2D eigenvalue weighted by molar-refractivity contribution is -0.140. The molecule has 2 rings (SSSR count). The second-order valence-electron chi connectivity index (χ2n) is 5.99. The van der Waals surface area contributed by atoms with Crippen LogP contribution in [0.5, 0.6) is 0 Å². The molecule has 1 fully saturated rings. The summed E-state index contributed by atoms with van der Waals surface area (Å²) < 4.78 is 5.00. The zero-order chi connectivity index (χ0) is 13.3. The maximum Gasteiger partial charge on any atom is 0.227 e. The van der Waals surface area contributed by atoms with Crippen molar-refractivity contribution < 1.29 is 9.32 Å². The van der Waals surface area contributed by atoms with Gasteiger partial charge in [0, 0.05) is 31.3 Å². The van der Waals surface area contributed by atoms with E-state index >= 15 is 0 Å². The number of aromatic nitrogens is 2. The highest BCUT2D eigenvalue weighted by Crippen LogP contribution is 2.28. The lowest BCUT2D eigenvalue weighted by Crippen LogP contribution is -2.43. The molecule has 0 aromatic carbocycles. The zero-order valence-electron chi connectivity index (χ0n) is 11.6. The van der Waals surface area contributed by atoms with E-state index < -0.39 is 0 Å². The fraction of sp³-hybridized carbons (Fsp3) is 0.769. The average Bonchev–Trinajstić information content (AvgIpc) is 2.74. The third-order valence-corrected chi connectivity index (χ3v) is 3.33. The summed E-state index contributed by atoms with van der Waals surface area (Å²) in [7, 11) is 0. The standard InChI is InChI=1S/C13H21N3O2/c1-9-14-11(15-18-9)10-5-7-16(8-6-10)12(17)13(2,3)4/h10H,5-8H2,1-4H3. The molecule has 0 radical (unpaired) electrons. The summed E-state index contributed by atoms with van der Waals surface area (Å²) in [5, 5.41) is 3.97. The van der Waals surface area contributed by atoms with E-state index in [-0.39, 0.29) is 11.3 Å². The van der Waals surface area contributed by atoms with E-state index in [0.717, 1.165) is 31.8 Å². The second-order valence-corrected chi connectivity index (χ2v) is 5.99. The van der Waals surface area contributed by atoms with E-state index in [0.29, 0.717) is 11.8 Å². The van der Waals surface area contributed by atoms with Crippen LogP contribution in [0.2, 0.25) is 0 Å². The molecule has 5 nitrogen and oxygen atoms in total. The number of piperidine rings is 1. The Morgan fingerprint density at radius 1 is 1.33 bits per heavy atom. The first kappa shape index (κ1) is 13.1. The third-order valence-electron chi connectivity index (χ3n) is 3.33. The van der Waals surface area contributed by atoms with Gasteiger partial charge >= 0.3 is 0 Å². The summed E-state index contributed by atoms with van der Waals surface area (Å²) in [5.41, 5.74) is -0.296. The Bertz CT molecular complexity index is 426.